The summed E-state index contributed by atoms with van der Waals surface area (Å²) < 4.78 is 27.3. The van der Waals surface area contributed by atoms with Crippen LogP contribution in [0.15, 0.2) is 47.4 Å². The average Bonchev–Trinajstić information content (AvgIpc) is 2.65. The predicted molar refractivity (Wildman–Crippen MR) is 111 cm³/mol. The molecule has 30 heavy (non-hydrogen) atoms. The fourth-order valence-electron chi connectivity index (χ4n) is 2.49. The van der Waals surface area contributed by atoms with E-state index >= 15 is 0 Å². The lowest BCUT2D eigenvalue weighted by Crippen LogP contribution is -2.39. The van der Waals surface area contributed by atoms with Gasteiger partial charge >= 0.3 is 0 Å². The molecular weight excluding hydrogens is 412 g/mol. The van der Waals surface area contributed by atoms with Crippen molar-refractivity contribution in [3.8, 4) is 0 Å². The highest BCUT2D eigenvalue weighted by molar-refractivity contribution is 7.92. The number of carbonyl (C=O) groups excluding carboxylic acids is 2. The molecule has 0 aliphatic rings. The molecule has 0 radical (unpaired) electrons. The Balaban J connectivity index is 2.08. The predicted octanol–water partition coefficient (Wildman–Crippen LogP) is 1.96. The Morgan fingerprint density at radius 2 is 1.73 bits per heavy atom. The molecule has 2 aromatic carbocycles. The summed E-state index contributed by atoms with van der Waals surface area (Å²) in [5.41, 5.74) is 0.455. The highest BCUT2D eigenvalue weighted by Gasteiger charge is 2.20. The van der Waals surface area contributed by atoms with E-state index in [0.29, 0.717) is 5.56 Å². The number of aryl methyl sites for hydroxylation is 1. The number of nitrogens with zero attached hydrogens (tertiary/aromatic N) is 1. The minimum Gasteiger partial charge on any atom is -0.352 e. The first-order valence-electron chi connectivity index (χ1n) is 8.95. The van der Waals surface area contributed by atoms with Crippen molar-refractivity contribution in [2.75, 3.05) is 11.3 Å². The molecule has 11 heteroatoms. The summed E-state index contributed by atoms with van der Waals surface area (Å²) >= 11 is 0. The minimum absolute atomic E-state index is 0.0447. The molecule has 3 N–H and O–H groups in total. The van der Waals surface area contributed by atoms with Gasteiger partial charge in [-0.15, -0.1) is 0 Å². The van der Waals surface area contributed by atoms with Crippen molar-refractivity contribution in [1.29, 1.82) is 0 Å². The molecule has 0 heterocycles. The first-order valence-corrected chi connectivity index (χ1v) is 10.4. The molecule has 0 spiro atoms. The van der Waals surface area contributed by atoms with Crippen LogP contribution in [0.5, 0.6) is 0 Å². The van der Waals surface area contributed by atoms with Crippen LogP contribution in [0.25, 0.3) is 0 Å². The van der Waals surface area contributed by atoms with E-state index in [9.17, 15) is 28.1 Å². The summed E-state index contributed by atoms with van der Waals surface area (Å²) in [6.45, 7) is 4.93. The normalized spacial score (nSPS) is 11.1. The van der Waals surface area contributed by atoms with Gasteiger partial charge in [0.2, 0.25) is 5.91 Å². The number of nitro benzene ring substituents is 1. The van der Waals surface area contributed by atoms with Gasteiger partial charge in [-0.05, 0) is 51.1 Å². The van der Waals surface area contributed by atoms with Crippen LogP contribution in [0.1, 0.15) is 29.8 Å². The second-order valence-corrected chi connectivity index (χ2v) is 8.48. The SMILES string of the molecule is Cc1ccc(S(=O)(=O)Nc2ccc(C(=O)NCC(=O)NC(C)C)cc2)cc1[N+](=O)[O-]. The number of rotatable bonds is 8. The summed E-state index contributed by atoms with van der Waals surface area (Å²) in [6.07, 6.45) is 0. The van der Waals surface area contributed by atoms with Crippen LogP contribution < -0.4 is 15.4 Å². The summed E-state index contributed by atoms with van der Waals surface area (Å²) in [5.74, 6) is -0.813. The third-order valence-electron chi connectivity index (χ3n) is 3.95. The highest BCUT2D eigenvalue weighted by atomic mass is 32.2. The zero-order chi connectivity index (χ0) is 22.5. The number of benzene rings is 2. The van der Waals surface area contributed by atoms with Crippen LogP contribution in [-0.4, -0.2) is 37.7 Å². The van der Waals surface area contributed by atoms with Gasteiger partial charge in [-0.2, -0.15) is 0 Å². The van der Waals surface area contributed by atoms with Gasteiger partial charge in [0.1, 0.15) is 0 Å². The first kappa shape index (κ1) is 22.8. The van der Waals surface area contributed by atoms with Crippen LogP contribution in [0, 0.1) is 17.0 Å². The molecule has 0 aromatic heterocycles. The van der Waals surface area contributed by atoms with Crippen molar-refractivity contribution < 1.29 is 22.9 Å². The Hall–Kier alpha value is -3.47. The second-order valence-electron chi connectivity index (χ2n) is 6.79. The average molecular weight is 434 g/mol. The number of amides is 2. The van der Waals surface area contributed by atoms with Gasteiger partial charge in [0, 0.05) is 28.9 Å². The Morgan fingerprint density at radius 1 is 1.10 bits per heavy atom. The molecule has 0 aliphatic carbocycles. The Morgan fingerprint density at radius 3 is 2.30 bits per heavy atom. The maximum Gasteiger partial charge on any atom is 0.273 e. The van der Waals surface area contributed by atoms with E-state index in [0.717, 1.165) is 6.07 Å². The van der Waals surface area contributed by atoms with Gasteiger partial charge in [0.15, 0.2) is 0 Å². The topological polar surface area (TPSA) is 148 Å². The number of nitro groups is 1. The van der Waals surface area contributed by atoms with Gasteiger partial charge in [0.25, 0.3) is 21.6 Å². The zero-order valence-electron chi connectivity index (χ0n) is 16.6. The Labute approximate surface area is 173 Å². The van der Waals surface area contributed by atoms with E-state index in [1.54, 1.807) is 13.8 Å². The number of hydrogen-bond donors (Lipinski definition) is 3. The molecule has 0 atom stereocenters. The molecule has 0 aliphatic heterocycles. The smallest absolute Gasteiger partial charge is 0.273 e. The van der Waals surface area contributed by atoms with E-state index in [1.807, 2.05) is 0 Å². The van der Waals surface area contributed by atoms with Gasteiger partial charge in [0.05, 0.1) is 16.4 Å². The summed E-state index contributed by atoms with van der Waals surface area (Å²) in [7, 11) is -4.06. The van der Waals surface area contributed by atoms with E-state index < -0.39 is 20.9 Å². The largest absolute Gasteiger partial charge is 0.352 e. The van der Waals surface area contributed by atoms with Crippen LogP contribution in [0.2, 0.25) is 0 Å². The summed E-state index contributed by atoms with van der Waals surface area (Å²) in [6, 6.07) is 9.12. The molecule has 0 saturated carbocycles. The van der Waals surface area contributed by atoms with Crippen molar-refractivity contribution in [1.82, 2.24) is 10.6 Å². The Kier molecular flexibility index (Phi) is 7.11. The third-order valence-corrected chi connectivity index (χ3v) is 5.33. The summed E-state index contributed by atoms with van der Waals surface area (Å²) in [5, 5.41) is 16.1. The number of nitrogens with one attached hydrogen (secondary N) is 3. The van der Waals surface area contributed by atoms with E-state index in [1.165, 1.54) is 43.3 Å². The number of sulfonamides is 1. The lowest BCUT2D eigenvalue weighted by Gasteiger charge is -2.11. The second kappa shape index (κ2) is 9.35. The maximum atomic E-state index is 12.5. The van der Waals surface area contributed by atoms with E-state index in [-0.39, 0.29) is 40.3 Å². The molecule has 0 unspecified atom stereocenters. The van der Waals surface area contributed by atoms with Crippen molar-refractivity contribution in [3.05, 3.63) is 63.7 Å². The highest BCUT2D eigenvalue weighted by Crippen LogP contribution is 2.24. The molecule has 10 nitrogen and oxygen atoms in total. The molecule has 0 bridgehead atoms. The van der Waals surface area contributed by atoms with Crippen molar-refractivity contribution in [2.24, 2.45) is 0 Å². The van der Waals surface area contributed by atoms with Gasteiger partial charge in [-0.1, -0.05) is 6.07 Å². The molecular formula is C19H22N4O6S. The molecule has 160 valence electrons. The van der Waals surface area contributed by atoms with Crippen molar-refractivity contribution >= 4 is 33.2 Å². The van der Waals surface area contributed by atoms with Crippen molar-refractivity contribution in [2.45, 2.75) is 31.7 Å². The lowest BCUT2D eigenvalue weighted by molar-refractivity contribution is -0.385. The third kappa shape index (κ3) is 6.01. The van der Waals surface area contributed by atoms with Gasteiger partial charge < -0.3 is 10.6 Å². The standard InChI is InChI=1S/C19H22N4O6S/c1-12(2)21-18(24)11-20-19(25)14-5-7-15(8-6-14)22-30(28,29)16-9-4-13(3)17(10-16)23(26)27/h4-10,12,22H,11H2,1-3H3,(H,20,25)(H,21,24). The minimum atomic E-state index is -4.06. The van der Waals surface area contributed by atoms with Crippen LogP contribution in [0.3, 0.4) is 0 Å². The number of carbonyl (C=O) groups is 2. The fourth-order valence-corrected chi connectivity index (χ4v) is 3.57. The van der Waals surface area contributed by atoms with Crippen LogP contribution in [0.4, 0.5) is 11.4 Å². The number of anilines is 1. The Bertz CT molecular complexity index is 1060. The zero-order valence-corrected chi connectivity index (χ0v) is 17.4. The first-order chi connectivity index (χ1) is 14.0. The summed E-state index contributed by atoms with van der Waals surface area (Å²) in [4.78, 5) is 33.8. The van der Waals surface area contributed by atoms with Crippen LogP contribution >= 0.6 is 0 Å². The molecule has 2 rings (SSSR count). The van der Waals surface area contributed by atoms with Gasteiger partial charge in [-0.3, -0.25) is 24.4 Å². The monoisotopic (exact) mass is 434 g/mol. The van der Waals surface area contributed by atoms with E-state index in [2.05, 4.69) is 15.4 Å². The van der Waals surface area contributed by atoms with E-state index in [4.69, 9.17) is 0 Å². The van der Waals surface area contributed by atoms with Gasteiger partial charge in [-0.25, -0.2) is 8.42 Å². The van der Waals surface area contributed by atoms with Crippen molar-refractivity contribution in [3.63, 3.8) is 0 Å². The molecule has 2 aromatic rings. The van der Waals surface area contributed by atoms with Crippen LogP contribution in [-0.2, 0) is 14.8 Å². The lowest BCUT2D eigenvalue weighted by atomic mass is 10.2. The number of hydrogen-bond acceptors (Lipinski definition) is 6. The maximum absolute atomic E-state index is 12.5. The fraction of sp³-hybridized carbons (Fsp3) is 0.263. The molecule has 0 fully saturated rings. The molecule has 2 amide bonds. The molecule has 0 saturated heterocycles. The quantitative estimate of drug-likeness (QED) is 0.427.